The third-order valence-corrected chi connectivity index (χ3v) is 2.35. The molecule has 0 spiro atoms. The Hall–Kier alpha value is -0.800. The minimum absolute atomic E-state index is 0.235. The molecule has 0 aromatic carbocycles. The van der Waals surface area contributed by atoms with E-state index in [2.05, 4.69) is 12.2 Å². The van der Waals surface area contributed by atoms with E-state index in [1.807, 2.05) is 19.1 Å². The highest BCUT2D eigenvalue weighted by atomic mass is 16.5. The lowest BCUT2D eigenvalue weighted by Crippen LogP contribution is -2.29. The normalized spacial score (nSPS) is 15.4. The summed E-state index contributed by atoms with van der Waals surface area (Å²) in [6.07, 6.45) is 2.96. The Kier molecular flexibility index (Phi) is 4.70. The van der Waals surface area contributed by atoms with Crippen LogP contribution in [0.3, 0.4) is 0 Å². The Bertz CT molecular complexity index is 233. The van der Waals surface area contributed by atoms with Gasteiger partial charge in [0.25, 0.3) is 0 Å². The maximum absolute atomic E-state index is 5.35. The third kappa shape index (κ3) is 3.16. The molecule has 0 aliphatic rings. The van der Waals surface area contributed by atoms with Crippen molar-refractivity contribution in [1.82, 2.24) is 5.32 Å². The van der Waals surface area contributed by atoms with Crippen molar-refractivity contribution in [2.75, 3.05) is 13.7 Å². The number of hydrogen-bond donors (Lipinski definition) is 1. The van der Waals surface area contributed by atoms with Gasteiger partial charge < -0.3 is 14.5 Å². The summed E-state index contributed by atoms with van der Waals surface area (Å²) in [5, 5.41) is 3.40. The van der Waals surface area contributed by atoms with Crippen molar-refractivity contribution in [3.63, 3.8) is 0 Å². The van der Waals surface area contributed by atoms with Crippen molar-refractivity contribution >= 4 is 0 Å². The lowest BCUT2D eigenvalue weighted by atomic mass is 10.1. The first-order valence-corrected chi connectivity index (χ1v) is 5.07. The number of furan rings is 1. The fourth-order valence-corrected chi connectivity index (χ4v) is 1.33. The van der Waals surface area contributed by atoms with Gasteiger partial charge in [0.2, 0.25) is 0 Å². The van der Waals surface area contributed by atoms with Crippen LogP contribution in [0.2, 0.25) is 0 Å². The first-order valence-electron chi connectivity index (χ1n) is 5.07. The Morgan fingerprint density at radius 3 is 2.86 bits per heavy atom. The summed E-state index contributed by atoms with van der Waals surface area (Å²) in [4.78, 5) is 0. The Morgan fingerprint density at radius 2 is 2.36 bits per heavy atom. The van der Waals surface area contributed by atoms with Gasteiger partial charge >= 0.3 is 0 Å². The van der Waals surface area contributed by atoms with Crippen LogP contribution in [-0.4, -0.2) is 19.8 Å². The van der Waals surface area contributed by atoms with Gasteiger partial charge in [-0.2, -0.15) is 0 Å². The van der Waals surface area contributed by atoms with E-state index in [1.165, 1.54) is 0 Å². The number of nitrogens with one attached hydrogen (secondary N) is 1. The highest BCUT2D eigenvalue weighted by Crippen LogP contribution is 2.16. The largest absolute Gasteiger partial charge is 0.468 e. The zero-order valence-corrected chi connectivity index (χ0v) is 9.12. The molecule has 1 N–H and O–H groups in total. The first-order chi connectivity index (χ1) is 6.77. The van der Waals surface area contributed by atoms with E-state index in [0.717, 1.165) is 18.7 Å². The van der Waals surface area contributed by atoms with E-state index < -0.39 is 0 Å². The van der Waals surface area contributed by atoms with Crippen LogP contribution in [0.25, 0.3) is 0 Å². The van der Waals surface area contributed by atoms with E-state index in [-0.39, 0.29) is 6.10 Å². The molecule has 0 aliphatic heterocycles. The van der Waals surface area contributed by atoms with Gasteiger partial charge in [-0.05, 0) is 25.5 Å². The molecule has 0 aliphatic carbocycles. The molecule has 14 heavy (non-hydrogen) atoms. The lowest BCUT2D eigenvalue weighted by Gasteiger charge is -2.17. The lowest BCUT2D eigenvalue weighted by molar-refractivity contribution is 0.113. The van der Waals surface area contributed by atoms with Crippen molar-refractivity contribution < 1.29 is 9.15 Å². The molecule has 0 saturated carbocycles. The molecule has 1 aromatic rings. The van der Waals surface area contributed by atoms with Crippen LogP contribution in [-0.2, 0) is 4.74 Å². The monoisotopic (exact) mass is 197 g/mol. The second-order valence-electron chi connectivity index (χ2n) is 3.43. The molecule has 0 amide bonds. The molecule has 1 heterocycles. The van der Waals surface area contributed by atoms with Gasteiger partial charge in [0.15, 0.2) is 0 Å². The molecule has 3 nitrogen and oxygen atoms in total. The minimum atomic E-state index is 0.235. The zero-order chi connectivity index (χ0) is 10.4. The summed E-state index contributed by atoms with van der Waals surface area (Å²) < 4.78 is 10.5. The van der Waals surface area contributed by atoms with E-state index in [9.17, 15) is 0 Å². The van der Waals surface area contributed by atoms with Crippen LogP contribution in [0.15, 0.2) is 22.8 Å². The van der Waals surface area contributed by atoms with Crippen molar-refractivity contribution in [3.05, 3.63) is 24.2 Å². The summed E-state index contributed by atoms with van der Waals surface area (Å²) in [6.45, 7) is 5.02. The Labute approximate surface area is 85.4 Å². The third-order valence-electron chi connectivity index (χ3n) is 2.35. The number of methoxy groups -OCH3 is 1. The predicted molar refractivity (Wildman–Crippen MR) is 56.2 cm³/mol. The van der Waals surface area contributed by atoms with E-state index in [1.54, 1.807) is 13.4 Å². The van der Waals surface area contributed by atoms with Gasteiger partial charge in [-0.3, -0.25) is 0 Å². The van der Waals surface area contributed by atoms with E-state index in [0.29, 0.717) is 6.04 Å². The number of rotatable bonds is 6. The van der Waals surface area contributed by atoms with Crippen molar-refractivity contribution in [1.29, 1.82) is 0 Å². The molecule has 1 aromatic heterocycles. The predicted octanol–water partition coefficient (Wildman–Crippen LogP) is 2.36. The van der Waals surface area contributed by atoms with Gasteiger partial charge in [-0.25, -0.2) is 0 Å². The fraction of sp³-hybridized carbons (Fsp3) is 0.636. The Balaban J connectivity index is 2.40. The quantitative estimate of drug-likeness (QED) is 0.760. The van der Waals surface area contributed by atoms with Gasteiger partial charge in [0.1, 0.15) is 5.76 Å². The molecule has 2 atom stereocenters. The maximum Gasteiger partial charge on any atom is 0.120 e. The standard InChI is InChI=1S/C11H19NO2/c1-4-10(11-6-5-7-14-11)12-8-9(2)13-3/h5-7,9-10,12H,4,8H2,1-3H3. The molecule has 80 valence electrons. The SMILES string of the molecule is CCC(NCC(C)OC)c1ccco1. The van der Waals surface area contributed by atoms with Crippen LogP contribution < -0.4 is 5.32 Å². The molecular weight excluding hydrogens is 178 g/mol. The molecule has 0 saturated heterocycles. The molecule has 0 bridgehead atoms. The van der Waals surface area contributed by atoms with Crippen molar-refractivity contribution in [3.8, 4) is 0 Å². The molecule has 0 fully saturated rings. The second-order valence-corrected chi connectivity index (χ2v) is 3.43. The summed E-state index contributed by atoms with van der Waals surface area (Å²) in [5.41, 5.74) is 0. The highest BCUT2D eigenvalue weighted by Gasteiger charge is 2.12. The summed E-state index contributed by atoms with van der Waals surface area (Å²) >= 11 is 0. The summed E-state index contributed by atoms with van der Waals surface area (Å²) in [5.74, 6) is 0.996. The smallest absolute Gasteiger partial charge is 0.120 e. The van der Waals surface area contributed by atoms with Crippen molar-refractivity contribution in [2.45, 2.75) is 32.4 Å². The fourth-order valence-electron chi connectivity index (χ4n) is 1.33. The molecular formula is C11H19NO2. The van der Waals surface area contributed by atoms with E-state index in [4.69, 9.17) is 9.15 Å². The van der Waals surface area contributed by atoms with Gasteiger partial charge in [0, 0.05) is 13.7 Å². The van der Waals surface area contributed by atoms with E-state index >= 15 is 0 Å². The maximum atomic E-state index is 5.35. The summed E-state index contributed by atoms with van der Waals surface area (Å²) in [6, 6.07) is 4.21. The molecule has 2 unspecified atom stereocenters. The Morgan fingerprint density at radius 1 is 1.57 bits per heavy atom. The van der Waals surface area contributed by atoms with Crippen LogP contribution in [0.1, 0.15) is 32.1 Å². The zero-order valence-electron chi connectivity index (χ0n) is 9.12. The first kappa shape index (κ1) is 11.3. The number of ether oxygens (including phenoxy) is 1. The minimum Gasteiger partial charge on any atom is -0.468 e. The second kappa shape index (κ2) is 5.83. The van der Waals surface area contributed by atoms with Crippen LogP contribution >= 0.6 is 0 Å². The van der Waals surface area contributed by atoms with Gasteiger partial charge in [-0.1, -0.05) is 6.92 Å². The van der Waals surface area contributed by atoms with Crippen molar-refractivity contribution in [2.24, 2.45) is 0 Å². The van der Waals surface area contributed by atoms with Gasteiger partial charge in [-0.15, -0.1) is 0 Å². The average Bonchev–Trinajstić information content (AvgIpc) is 2.72. The van der Waals surface area contributed by atoms with Crippen LogP contribution in [0.4, 0.5) is 0 Å². The van der Waals surface area contributed by atoms with Crippen LogP contribution in [0.5, 0.6) is 0 Å². The molecule has 3 heteroatoms. The van der Waals surface area contributed by atoms with Gasteiger partial charge in [0.05, 0.1) is 18.4 Å². The summed E-state index contributed by atoms with van der Waals surface area (Å²) in [7, 11) is 1.72. The number of hydrogen-bond acceptors (Lipinski definition) is 3. The highest BCUT2D eigenvalue weighted by molar-refractivity contribution is 5.03. The molecule has 0 radical (unpaired) electrons. The molecule has 1 rings (SSSR count). The van der Waals surface area contributed by atoms with Crippen LogP contribution in [0, 0.1) is 0 Å². The average molecular weight is 197 g/mol. The topological polar surface area (TPSA) is 34.4 Å².